The maximum absolute atomic E-state index is 11.9. The minimum atomic E-state index is -0.851. The molecule has 0 saturated heterocycles. The largest absolute Gasteiger partial charge is 0.444 e. The van der Waals surface area contributed by atoms with Crippen molar-refractivity contribution in [3.05, 3.63) is 71.3 Å². The number of hydrogen-bond donors (Lipinski definition) is 0. The summed E-state index contributed by atoms with van der Waals surface area (Å²) in [5.41, 5.74) is 1.49. The van der Waals surface area contributed by atoms with Gasteiger partial charge in [0.1, 0.15) is 0 Å². The number of carbonyl (C=O) groups is 1. The monoisotopic (exact) mass is 258 g/mol. The van der Waals surface area contributed by atoms with E-state index in [1.165, 1.54) is 0 Å². The van der Waals surface area contributed by atoms with Crippen LogP contribution in [0.1, 0.15) is 21.5 Å². The van der Waals surface area contributed by atoms with E-state index in [-0.39, 0.29) is 11.8 Å². The van der Waals surface area contributed by atoms with Crippen LogP contribution >= 0.6 is 11.6 Å². The minimum Gasteiger partial charge on any atom is -0.444 e. The van der Waals surface area contributed by atoms with Crippen LogP contribution in [-0.2, 0) is 10.3 Å². The van der Waals surface area contributed by atoms with Gasteiger partial charge in [0, 0.05) is 11.1 Å². The van der Waals surface area contributed by atoms with Gasteiger partial charge in [0.15, 0.2) is 5.60 Å². The molecule has 1 atom stereocenters. The molecule has 3 heteroatoms. The van der Waals surface area contributed by atoms with Gasteiger partial charge < -0.3 is 4.74 Å². The van der Waals surface area contributed by atoms with E-state index in [1.54, 1.807) is 6.07 Å². The van der Waals surface area contributed by atoms with Gasteiger partial charge in [-0.1, -0.05) is 48.5 Å². The van der Waals surface area contributed by atoms with Gasteiger partial charge in [0.25, 0.3) is 0 Å². The number of rotatable bonds is 2. The first-order chi connectivity index (χ1) is 8.78. The van der Waals surface area contributed by atoms with E-state index in [1.807, 2.05) is 48.5 Å². The number of ether oxygens (including phenoxy) is 1. The average molecular weight is 259 g/mol. The molecule has 1 aliphatic heterocycles. The van der Waals surface area contributed by atoms with E-state index >= 15 is 0 Å². The minimum absolute atomic E-state index is 0.208. The lowest BCUT2D eigenvalue weighted by atomic mass is 9.87. The number of hydrogen-bond acceptors (Lipinski definition) is 2. The molecule has 0 bridgehead atoms. The predicted molar refractivity (Wildman–Crippen MR) is 69.8 cm³/mol. The molecule has 90 valence electrons. The number of alkyl halides is 1. The Morgan fingerprint density at radius 1 is 1.00 bits per heavy atom. The Morgan fingerprint density at radius 3 is 2.39 bits per heavy atom. The molecule has 1 aliphatic rings. The lowest BCUT2D eigenvalue weighted by molar-refractivity contribution is 0.0192. The van der Waals surface area contributed by atoms with Crippen LogP contribution in [0.25, 0.3) is 0 Å². The van der Waals surface area contributed by atoms with Crippen LogP contribution in [-0.4, -0.2) is 11.8 Å². The Morgan fingerprint density at radius 2 is 1.67 bits per heavy atom. The van der Waals surface area contributed by atoms with Gasteiger partial charge in [-0.05, 0) is 6.07 Å². The maximum atomic E-state index is 11.9. The molecule has 2 nitrogen and oxygen atoms in total. The number of halogens is 1. The molecule has 0 fully saturated rings. The quantitative estimate of drug-likeness (QED) is 0.610. The molecule has 3 rings (SSSR count). The number of cyclic esters (lactones) is 1. The third-order valence-corrected chi connectivity index (χ3v) is 3.65. The van der Waals surface area contributed by atoms with Gasteiger partial charge in [0.2, 0.25) is 0 Å². The summed E-state index contributed by atoms with van der Waals surface area (Å²) in [5, 5.41) is 0. The summed E-state index contributed by atoms with van der Waals surface area (Å²) in [6.45, 7) is 0. The van der Waals surface area contributed by atoms with Crippen LogP contribution in [0, 0.1) is 0 Å². The summed E-state index contributed by atoms with van der Waals surface area (Å²) in [5.74, 6) is -0.102. The highest BCUT2D eigenvalue weighted by Crippen LogP contribution is 2.42. The van der Waals surface area contributed by atoms with E-state index in [9.17, 15) is 4.79 Å². The number of carbonyl (C=O) groups excluding carboxylic acids is 1. The van der Waals surface area contributed by atoms with Crippen molar-refractivity contribution in [2.75, 3.05) is 5.88 Å². The Kier molecular flexibility index (Phi) is 2.60. The molecule has 0 radical (unpaired) electrons. The van der Waals surface area contributed by atoms with Gasteiger partial charge in [-0.25, -0.2) is 4.79 Å². The molecule has 18 heavy (non-hydrogen) atoms. The Bertz CT molecular complexity index is 594. The summed E-state index contributed by atoms with van der Waals surface area (Å²) < 4.78 is 5.58. The maximum Gasteiger partial charge on any atom is 0.339 e. The molecule has 2 aromatic rings. The predicted octanol–water partition coefficient (Wildman–Crippen LogP) is 3.34. The zero-order chi connectivity index (χ0) is 12.6. The molecule has 0 N–H and O–H groups in total. The normalized spacial score (nSPS) is 21.5. The zero-order valence-electron chi connectivity index (χ0n) is 9.60. The Balaban J connectivity index is 2.24. The molecule has 0 unspecified atom stereocenters. The first-order valence-corrected chi connectivity index (χ1v) is 6.26. The highest BCUT2D eigenvalue weighted by molar-refractivity contribution is 6.19. The molecular weight excluding hydrogens is 248 g/mol. The molecule has 0 aromatic heterocycles. The van der Waals surface area contributed by atoms with Crippen LogP contribution < -0.4 is 0 Å². The molecular formula is C15H11ClO2. The summed E-state index contributed by atoms with van der Waals surface area (Å²) in [6, 6.07) is 17.0. The highest BCUT2D eigenvalue weighted by atomic mass is 35.5. The van der Waals surface area contributed by atoms with Crippen molar-refractivity contribution in [1.29, 1.82) is 0 Å². The van der Waals surface area contributed by atoms with E-state index in [0.29, 0.717) is 5.56 Å². The van der Waals surface area contributed by atoms with Crippen LogP contribution in [0.15, 0.2) is 54.6 Å². The van der Waals surface area contributed by atoms with Gasteiger partial charge in [-0.3, -0.25) is 0 Å². The highest BCUT2D eigenvalue weighted by Gasteiger charge is 2.46. The first-order valence-electron chi connectivity index (χ1n) is 5.72. The van der Waals surface area contributed by atoms with Crippen molar-refractivity contribution in [2.24, 2.45) is 0 Å². The summed E-state index contributed by atoms with van der Waals surface area (Å²) >= 11 is 6.11. The van der Waals surface area contributed by atoms with E-state index in [4.69, 9.17) is 16.3 Å². The Hall–Kier alpha value is -1.80. The fraction of sp³-hybridized carbons (Fsp3) is 0.133. The van der Waals surface area contributed by atoms with Gasteiger partial charge in [-0.2, -0.15) is 0 Å². The third kappa shape index (κ3) is 1.46. The number of fused-ring (bicyclic) bond motifs is 1. The average Bonchev–Trinajstić information content (AvgIpc) is 2.74. The van der Waals surface area contributed by atoms with Crippen LogP contribution in [0.5, 0.6) is 0 Å². The second-order valence-corrected chi connectivity index (χ2v) is 4.53. The molecule has 1 heterocycles. The summed E-state index contributed by atoms with van der Waals surface area (Å²) in [7, 11) is 0. The van der Waals surface area contributed by atoms with Crippen molar-refractivity contribution in [2.45, 2.75) is 5.60 Å². The van der Waals surface area contributed by atoms with Crippen LogP contribution in [0.2, 0.25) is 0 Å². The Labute approximate surface area is 110 Å². The molecule has 0 spiro atoms. The van der Waals surface area contributed by atoms with E-state index in [2.05, 4.69) is 0 Å². The molecule has 0 aliphatic carbocycles. The van der Waals surface area contributed by atoms with Crippen molar-refractivity contribution < 1.29 is 9.53 Å². The third-order valence-electron chi connectivity index (χ3n) is 3.28. The summed E-state index contributed by atoms with van der Waals surface area (Å²) in [6.07, 6.45) is 0. The summed E-state index contributed by atoms with van der Waals surface area (Å²) in [4.78, 5) is 11.9. The smallest absolute Gasteiger partial charge is 0.339 e. The topological polar surface area (TPSA) is 26.3 Å². The SMILES string of the molecule is O=C1O[C@@](CCl)(c2ccccc2)c2ccccc21. The van der Waals surface area contributed by atoms with E-state index in [0.717, 1.165) is 11.1 Å². The van der Waals surface area contributed by atoms with Crippen molar-refractivity contribution in [1.82, 2.24) is 0 Å². The first kappa shape index (κ1) is 11.3. The van der Waals surface area contributed by atoms with Crippen molar-refractivity contribution in [3.8, 4) is 0 Å². The lowest BCUT2D eigenvalue weighted by Crippen LogP contribution is -2.29. The fourth-order valence-corrected chi connectivity index (χ4v) is 2.73. The fourth-order valence-electron chi connectivity index (χ4n) is 2.38. The van der Waals surface area contributed by atoms with Crippen LogP contribution in [0.3, 0.4) is 0 Å². The van der Waals surface area contributed by atoms with Gasteiger partial charge in [-0.15, -0.1) is 11.6 Å². The van der Waals surface area contributed by atoms with Gasteiger partial charge >= 0.3 is 5.97 Å². The molecule has 0 amide bonds. The van der Waals surface area contributed by atoms with Gasteiger partial charge in [0.05, 0.1) is 11.4 Å². The van der Waals surface area contributed by atoms with Crippen molar-refractivity contribution >= 4 is 17.6 Å². The molecule has 0 saturated carbocycles. The van der Waals surface area contributed by atoms with E-state index < -0.39 is 5.60 Å². The standard InChI is InChI=1S/C15H11ClO2/c16-10-15(11-6-2-1-3-7-11)13-9-5-4-8-12(13)14(17)18-15/h1-9H,10H2/t15-/m0/s1. The zero-order valence-corrected chi connectivity index (χ0v) is 10.4. The number of esters is 1. The second kappa shape index (κ2) is 4.14. The lowest BCUT2D eigenvalue weighted by Gasteiger charge is -2.26. The second-order valence-electron chi connectivity index (χ2n) is 4.26. The van der Waals surface area contributed by atoms with Crippen LogP contribution in [0.4, 0.5) is 0 Å². The number of benzene rings is 2. The van der Waals surface area contributed by atoms with Crippen molar-refractivity contribution in [3.63, 3.8) is 0 Å². The molecule has 2 aromatic carbocycles.